The van der Waals surface area contributed by atoms with Crippen molar-refractivity contribution in [1.29, 1.82) is 0 Å². The maximum absolute atomic E-state index is 6.76. The van der Waals surface area contributed by atoms with Gasteiger partial charge in [-0.1, -0.05) is 103 Å². The fourth-order valence-electron chi connectivity index (χ4n) is 5.83. The van der Waals surface area contributed by atoms with Crippen molar-refractivity contribution in [3.63, 3.8) is 0 Å². The number of fused-ring (bicyclic) bond motifs is 10. The van der Waals surface area contributed by atoms with Crippen LogP contribution >= 0.6 is 0 Å². The van der Waals surface area contributed by atoms with Crippen molar-refractivity contribution in [1.82, 2.24) is 4.57 Å². The first-order chi connectivity index (χ1) is 17.9. The molecule has 0 atom stereocenters. The second kappa shape index (κ2) is 7.34. The van der Waals surface area contributed by atoms with Crippen molar-refractivity contribution in [3.05, 3.63) is 127 Å². The lowest BCUT2D eigenvalue weighted by Gasteiger charge is -2.09. The lowest BCUT2D eigenvalue weighted by Crippen LogP contribution is -1.93. The summed E-state index contributed by atoms with van der Waals surface area (Å²) in [6, 6.07) is 45.1. The van der Waals surface area contributed by atoms with Gasteiger partial charge in [0.05, 0.1) is 11.0 Å². The van der Waals surface area contributed by atoms with Crippen molar-refractivity contribution < 1.29 is 4.42 Å². The van der Waals surface area contributed by atoms with E-state index in [4.69, 9.17) is 4.42 Å². The first-order valence-corrected chi connectivity index (χ1v) is 12.3. The van der Waals surface area contributed by atoms with Crippen LogP contribution < -0.4 is 0 Å². The Bertz CT molecular complexity index is 2080. The van der Waals surface area contributed by atoms with Crippen LogP contribution in [0.2, 0.25) is 0 Å². The molecule has 0 fully saturated rings. The fraction of sp³-hybridized carbons (Fsp3) is 0. The highest BCUT2D eigenvalue weighted by atomic mass is 16.3. The maximum atomic E-state index is 6.76. The quantitative estimate of drug-likeness (QED) is 0.252. The number of benzene rings is 6. The van der Waals surface area contributed by atoms with Crippen molar-refractivity contribution in [2.24, 2.45) is 0 Å². The zero-order valence-electron chi connectivity index (χ0n) is 19.5. The van der Waals surface area contributed by atoms with E-state index in [-0.39, 0.29) is 0 Å². The van der Waals surface area contributed by atoms with Gasteiger partial charge in [0.15, 0.2) is 5.58 Å². The second-order valence-corrected chi connectivity index (χ2v) is 9.34. The summed E-state index contributed by atoms with van der Waals surface area (Å²) in [7, 11) is 0. The van der Waals surface area contributed by atoms with Gasteiger partial charge in [0.25, 0.3) is 0 Å². The summed E-state index contributed by atoms with van der Waals surface area (Å²) >= 11 is 0. The first-order valence-electron chi connectivity index (χ1n) is 12.3. The van der Waals surface area contributed by atoms with Crippen molar-refractivity contribution in [2.75, 3.05) is 0 Å². The van der Waals surface area contributed by atoms with Crippen LogP contribution in [0.1, 0.15) is 0 Å². The van der Waals surface area contributed by atoms with Gasteiger partial charge in [-0.05, 0) is 45.8 Å². The standard InChI is InChI=1S/C34H21NO/c1-3-12-23(13-4-1)30-21-28-26-17-9-10-18-27(26)32-31-25-16-8-7-11-22(25)19-20-29(31)35(33(32)34(28)36-30)24-14-5-2-6-15-24/h1-21H. The minimum absolute atomic E-state index is 0.887. The predicted octanol–water partition coefficient (Wildman–Crippen LogP) is 9.50. The third-order valence-corrected chi connectivity index (χ3v) is 7.36. The molecule has 2 heterocycles. The van der Waals surface area contributed by atoms with E-state index in [1.807, 2.05) is 6.07 Å². The Morgan fingerprint density at radius 1 is 0.500 bits per heavy atom. The van der Waals surface area contributed by atoms with E-state index in [0.29, 0.717) is 0 Å². The highest BCUT2D eigenvalue weighted by Crippen LogP contribution is 2.46. The minimum atomic E-state index is 0.887. The van der Waals surface area contributed by atoms with E-state index in [1.54, 1.807) is 0 Å². The molecule has 0 amide bonds. The number of rotatable bonds is 2. The molecule has 2 heteroatoms. The number of hydrogen-bond donors (Lipinski definition) is 0. The van der Waals surface area contributed by atoms with E-state index < -0.39 is 0 Å². The number of furan rings is 1. The molecule has 8 aromatic rings. The van der Waals surface area contributed by atoms with E-state index in [2.05, 4.69) is 126 Å². The Kier molecular flexibility index (Phi) is 3.97. The molecule has 168 valence electrons. The van der Waals surface area contributed by atoms with Crippen LogP contribution in [0.15, 0.2) is 132 Å². The smallest absolute Gasteiger partial charge is 0.160 e. The Morgan fingerprint density at radius 2 is 1.17 bits per heavy atom. The molecule has 8 rings (SSSR count). The first kappa shape index (κ1) is 19.5. The molecule has 2 aromatic heterocycles. The molecule has 0 aliphatic heterocycles. The third kappa shape index (κ3) is 2.61. The Balaban J connectivity index is 1.69. The maximum Gasteiger partial charge on any atom is 0.160 e. The Hall–Kier alpha value is -4.82. The van der Waals surface area contributed by atoms with Crippen LogP contribution in [0, 0.1) is 0 Å². The van der Waals surface area contributed by atoms with Crippen molar-refractivity contribution >= 4 is 54.3 Å². The number of nitrogens with zero attached hydrogens (tertiary/aromatic N) is 1. The number of para-hydroxylation sites is 1. The zero-order valence-corrected chi connectivity index (χ0v) is 19.5. The molecule has 2 nitrogen and oxygen atoms in total. The van der Waals surface area contributed by atoms with Gasteiger partial charge in [0.2, 0.25) is 0 Å². The van der Waals surface area contributed by atoms with Crippen LogP contribution in [-0.4, -0.2) is 4.57 Å². The topological polar surface area (TPSA) is 18.1 Å². The van der Waals surface area contributed by atoms with Gasteiger partial charge in [-0.2, -0.15) is 0 Å². The van der Waals surface area contributed by atoms with Crippen LogP contribution in [0.5, 0.6) is 0 Å². The van der Waals surface area contributed by atoms with Crippen molar-refractivity contribution in [3.8, 4) is 17.0 Å². The molecule has 0 radical (unpaired) electrons. The molecule has 0 spiro atoms. The van der Waals surface area contributed by atoms with Crippen LogP contribution in [0.4, 0.5) is 0 Å². The molecule has 0 aliphatic carbocycles. The van der Waals surface area contributed by atoms with E-state index in [1.165, 1.54) is 37.8 Å². The summed E-state index contributed by atoms with van der Waals surface area (Å²) in [5.41, 5.74) is 5.43. The van der Waals surface area contributed by atoms with Crippen LogP contribution in [0.3, 0.4) is 0 Å². The van der Waals surface area contributed by atoms with E-state index >= 15 is 0 Å². The average Bonchev–Trinajstić information content (AvgIpc) is 3.55. The molecule has 0 saturated carbocycles. The van der Waals surface area contributed by atoms with E-state index in [0.717, 1.165) is 33.5 Å². The summed E-state index contributed by atoms with van der Waals surface area (Å²) in [5.74, 6) is 0.887. The lowest BCUT2D eigenvalue weighted by molar-refractivity contribution is 0.634. The highest BCUT2D eigenvalue weighted by molar-refractivity contribution is 6.35. The van der Waals surface area contributed by atoms with Gasteiger partial charge >= 0.3 is 0 Å². The summed E-state index contributed by atoms with van der Waals surface area (Å²) in [5, 5.41) is 8.61. The van der Waals surface area contributed by atoms with Crippen molar-refractivity contribution in [2.45, 2.75) is 0 Å². The summed E-state index contributed by atoms with van der Waals surface area (Å²) < 4.78 is 9.14. The molecule has 36 heavy (non-hydrogen) atoms. The van der Waals surface area contributed by atoms with Gasteiger partial charge in [0, 0.05) is 27.4 Å². The average molecular weight is 460 g/mol. The van der Waals surface area contributed by atoms with Gasteiger partial charge in [-0.25, -0.2) is 0 Å². The predicted molar refractivity (Wildman–Crippen MR) is 151 cm³/mol. The molecule has 0 unspecified atom stereocenters. The Labute approximate surface area is 207 Å². The largest absolute Gasteiger partial charge is 0.454 e. The summed E-state index contributed by atoms with van der Waals surface area (Å²) in [4.78, 5) is 0. The minimum Gasteiger partial charge on any atom is -0.454 e. The van der Waals surface area contributed by atoms with E-state index in [9.17, 15) is 0 Å². The lowest BCUT2D eigenvalue weighted by atomic mass is 9.97. The molecule has 0 saturated heterocycles. The monoisotopic (exact) mass is 459 g/mol. The van der Waals surface area contributed by atoms with Gasteiger partial charge < -0.3 is 8.98 Å². The summed E-state index contributed by atoms with van der Waals surface area (Å²) in [6.45, 7) is 0. The normalized spacial score (nSPS) is 11.9. The molecule has 0 bridgehead atoms. The third-order valence-electron chi connectivity index (χ3n) is 7.36. The van der Waals surface area contributed by atoms with Gasteiger partial charge in [0.1, 0.15) is 5.76 Å². The number of hydrogen-bond acceptors (Lipinski definition) is 1. The summed E-state index contributed by atoms with van der Waals surface area (Å²) in [6.07, 6.45) is 0. The second-order valence-electron chi connectivity index (χ2n) is 9.34. The number of aromatic nitrogens is 1. The Morgan fingerprint density at radius 3 is 1.97 bits per heavy atom. The van der Waals surface area contributed by atoms with Crippen LogP contribution in [-0.2, 0) is 0 Å². The molecule has 0 aliphatic rings. The fourth-order valence-corrected chi connectivity index (χ4v) is 5.83. The molecule has 0 N–H and O–H groups in total. The van der Waals surface area contributed by atoms with Gasteiger partial charge in [-0.15, -0.1) is 0 Å². The van der Waals surface area contributed by atoms with Crippen LogP contribution in [0.25, 0.3) is 71.3 Å². The molecular formula is C34H21NO. The molecular weight excluding hydrogens is 438 g/mol. The molecule has 6 aromatic carbocycles. The van der Waals surface area contributed by atoms with Gasteiger partial charge in [-0.3, -0.25) is 0 Å². The highest BCUT2D eigenvalue weighted by Gasteiger charge is 2.23. The SMILES string of the molecule is c1ccc(-c2cc3c4ccccc4c4c5c6ccccc6ccc5n(-c5ccccc5)c4c3o2)cc1. The zero-order chi connectivity index (χ0) is 23.6.